The number of nitro groups is 1. The largest absolute Gasteiger partial charge is 0.424 e. The highest BCUT2D eigenvalue weighted by Gasteiger charge is 2.15. The van der Waals surface area contributed by atoms with E-state index in [1.54, 1.807) is 6.07 Å². The van der Waals surface area contributed by atoms with Crippen molar-refractivity contribution in [2.75, 3.05) is 25.0 Å². The van der Waals surface area contributed by atoms with Crippen molar-refractivity contribution in [2.45, 2.75) is 12.8 Å². The third kappa shape index (κ3) is 2.72. The standard InChI is InChI=1S/C13H16N4O3/c18-17(19)10-3-4-12-11(6-10)16-13(20-12)15-8-9-2-1-5-14-7-9/h3-4,6,9,14H,1-2,5,7-8H2,(H,15,16)/t9-/m1/s1. The second-order valence-corrected chi connectivity index (χ2v) is 5.02. The van der Waals surface area contributed by atoms with Gasteiger partial charge in [-0.25, -0.2) is 0 Å². The zero-order chi connectivity index (χ0) is 13.9. The number of aromatic nitrogens is 1. The lowest BCUT2D eigenvalue weighted by Gasteiger charge is -2.22. The number of rotatable bonds is 4. The van der Waals surface area contributed by atoms with Gasteiger partial charge in [0, 0.05) is 18.7 Å². The molecule has 20 heavy (non-hydrogen) atoms. The van der Waals surface area contributed by atoms with E-state index >= 15 is 0 Å². The molecule has 1 aromatic carbocycles. The quantitative estimate of drug-likeness (QED) is 0.656. The van der Waals surface area contributed by atoms with Gasteiger partial charge >= 0.3 is 0 Å². The van der Waals surface area contributed by atoms with Crippen molar-refractivity contribution >= 4 is 22.8 Å². The number of non-ortho nitro benzene ring substituents is 1. The van der Waals surface area contributed by atoms with Crippen LogP contribution in [0.4, 0.5) is 11.7 Å². The lowest BCUT2D eigenvalue weighted by Crippen LogP contribution is -2.33. The molecule has 2 aromatic rings. The van der Waals surface area contributed by atoms with Crippen LogP contribution in [0.3, 0.4) is 0 Å². The molecule has 0 saturated carbocycles. The summed E-state index contributed by atoms with van der Waals surface area (Å²) >= 11 is 0. The summed E-state index contributed by atoms with van der Waals surface area (Å²) in [5.41, 5.74) is 1.08. The Morgan fingerprint density at radius 2 is 2.45 bits per heavy atom. The normalized spacial score (nSPS) is 19.1. The van der Waals surface area contributed by atoms with Crippen molar-refractivity contribution in [3.63, 3.8) is 0 Å². The predicted molar refractivity (Wildman–Crippen MR) is 74.7 cm³/mol. The van der Waals surface area contributed by atoms with Gasteiger partial charge in [0.1, 0.15) is 5.52 Å². The second-order valence-electron chi connectivity index (χ2n) is 5.02. The van der Waals surface area contributed by atoms with Crippen LogP contribution in [0.5, 0.6) is 0 Å². The summed E-state index contributed by atoms with van der Waals surface area (Å²) in [6.45, 7) is 2.88. The highest BCUT2D eigenvalue weighted by atomic mass is 16.6. The minimum absolute atomic E-state index is 0.0221. The van der Waals surface area contributed by atoms with Crippen molar-refractivity contribution in [3.05, 3.63) is 28.3 Å². The molecule has 1 atom stereocenters. The summed E-state index contributed by atoms with van der Waals surface area (Å²) in [6.07, 6.45) is 2.37. The Kier molecular flexibility index (Phi) is 3.51. The van der Waals surface area contributed by atoms with Crippen molar-refractivity contribution in [1.82, 2.24) is 10.3 Å². The minimum atomic E-state index is -0.436. The number of nitro benzene ring substituents is 1. The van der Waals surface area contributed by atoms with E-state index in [0.717, 1.165) is 19.6 Å². The summed E-state index contributed by atoms with van der Waals surface area (Å²) in [6, 6.07) is 4.84. The van der Waals surface area contributed by atoms with E-state index in [9.17, 15) is 10.1 Å². The molecule has 2 N–H and O–H groups in total. The molecular weight excluding hydrogens is 260 g/mol. The Morgan fingerprint density at radius 1 is 1.55 bits per heavy atom. The Hall–Kier alpha value is -2.15. The van der Waals surface area contributed by atoms with E-state index in [2.05, 4.69) is 15.6 Å². The topological polar surface area (TPSA) is 93.2 Å². The zero-order valence-electron chi connectivity index (χ0n) is 11.0. The molecule has 0 aliphatic carbocycles. The van der Waals surface area contributed by atoms with Gasteiger partial charge in [0.05, 0.1) is 4.92 Å². The fourth-order valence-corrected chi connectivity index (χ4v) is 2.43. The zero-order valence-corrected chi connectivity index (χ0v) is 11.0. The number of nitrogens with zero attached hydrogens (tertiary/aromatic N) is 2. The average molecular weight is 276 g/mol. The first-order valence-corrected chi connectivity index (χ1v) is 6.72. The average Bonchev–Trinajstić information content (AvgIpc) is 2.88. The van der Waals surface area contributed by atoms with Gasteiger partial charge in [-0.15, -0.1) is 0 Å². The third-order valence-corrected chi connectivity index (χ3v) is 3.52. The molecule has 1 aromatic heterocycles. The van der Waals surface area contributed by atoms with Gasteiger partial charge in [-0.1, -0.05) is 0 Å². The highest BCUT2D eigenvalue weighted by molar-refractivity contribution is 5.77. The first kappa shape index (κ1) is 12.9. The molecule has 0 bridgehead atoms. The van der Waals surface area contributed by atoms with Gasteiger partial charge in [0.15, 0.2) is 5.58 Å². The van der Waals surface area contributed by atoms with E-state index in [1.807, 2.05) is 0 Å². The SMILES string of the molecule is O=[N+]([O-])c1ccc2oc(NC[C@@H]3CCCNC3)nc2c1. The van der Waals surface area contributed by atoms with E-state index < -0.39 is 4.92 Å². The number of oxazole rings is 1. The molecule has 1 saturated heterocycles. The van der Waals surface area contributed by atoms with Crippen LogP contribution in [0.2, 0.25) is 0 Å². The van der Waals surface area contributed by atoms with Crippen LogP contribution < -0.4 is 10.6 Å². The first-order chi connectivity index (χ1) is 9.72. The third-order valence-electron chi connectivity index (χ3n) is 3.52. The molecule has 1 aliphatic rings. The van der Waals surface area contributed by atoms with Crippen LogP contribution in [0.1, 0.15) is 12.8 Å². The molecule has 1 aliphatic heterocycles. The van der Waals surface area contributed by atoms with Crippen LogP contribution in [0.15, 0.2) is 22.6 Å². The Labute approximate surface area is 115 Å². The van der Waals surface area contributed by atoms with Crippen LogP contribution in [0.25, 0.3) is 11.1 Å². The van der Waals surface area contributed by atoms with Crippen LogP contribution in [-0.2, 0) is 0 Å². The van der Waals surface area contributed by atoms with E-state index in [1.165, 1.54) is 25.0 Å². The maximum Gasteiger partial charge on any atom is 0.295 e. The monoisotopic (exact) mass is 276 g/mol. The number of hydrogen-bond donors (Lipinski definition) is 2. The lowest BCUT2D eigenvalue weighted by atomic mass is 10.00. The number of nitrogens with one attached hydrogen (secondary N) is 2. The molecule has 7 heteroatoms. The van der Waals surface area contributed by atoms with Crippen molar-refractivity contribution in [2.24, 2.45) is 5.92 Å². The smallest absolute Gasteiger partial charge is 0.295 e. The van der Waals surface area contributed by atoms with Crippen molar-refractivity contribution in [3.8, 4) is 0 Å². The van der Waals surface area contributed by atoms with Gasteiger partial charge in [0.25, 0.3) is 11.7 Å². The lowest BCUT2D eigenvalue weighted by molar-refractivity contribution is -0.384. The van der Waals surface area contributed by atoms with Gasteiger partial charge < -0.3 is 15.1 Å². The molecule has 0 unspecified atom stereocenters. The molecule has 1 fully saturated rings. The van der Waals surface area contributed by atoms with E-state index in [0.29, 0.717) is 23.0 Å². The number of anilines is 1. The van der Waals surface area contributed by atoms with Gasteiger partial charge in [-0.3, -0.25) is 10.1 Å². The predicted octanol–water partition coefficient (Wildman–Crippen LogP) is 2.15. The maximum absolute atomic E-state index is 10.7. The minimum Gasteiger partial charge on any atom is -0.424 e. The van der Waals surface area contributed by atoms with Gasteiger partial charge in [-0.05, 0) is 37.9 Å². The fourth-order valence-electron chi connectivity index (χ4n) is 2.43. The summed E-state index contributed by atoms with van der Waals surface area (Å²) < 4.78 is 5.53. The molecule has 2 heterocycles. The Bertz CT molecular complexity index is 619. The number of benzene rings is 1. The van der Waals surface area contributed by atoms with Gasteiger partial charge in [0.2, 0.25) is 0 Å². The Balaban J connectivity index is 1.70. The van der Waals surface area contributed by atoms with Crippen LogP contribution in [-0.4, -0.2) is 29.5 Å². The summed E-state index contributed by atoms with van der Waals surface area (Å²) in [5, 5.41) is 17.2. The maximum atomic E-state index is 10.7. The molecule has 0 spiro atoms. The van der Waals surface area contributed by atoms with E-state index in [4.69, 9.17) is 4.42 Å². The number of piperidine rings is 1. The summed E-state index contributed by atoms with van der Waals surface area (Å²) in [5.74, 6) is 0.563. The number of hydrogen-bond acceptors (Lipinski definition) is 6. The highest BCUT2D eigenvalue weighted by Crippen LogP contribution is 2.23. The Morgan fingerprint density at radius 3 is 3.20 bits per heavy atom. The van der Waals surface area contributed by atoms with Gasteiger partial charge in [-0.2, -0.15) is 4.98 Å². The summed E-state index contributed by atoms with van der Waals surface area (Å²) in [7, 11) is 0. The number of fused-ring (bicyclic) bond motifs is 1. The van der Waals surface area contributed by atoms with Crippen LogP contribution >= 0.6 is 0 Å². The van der Waals surface area contributed by atoms with Crippen molar-refractivity contribution in [1.29, 1.82) is 0 Å². The molecule has 7 nitrogen and oxygen atoms in total. The molecule has 3 rings (SSSR count). The molecular formula is C13H16N4O3. The first-order valence-electron chi connectivity index (χ1n) is 6.72. The molecule has 0 radical (unpaired) electrons. The molecule has 106 valence electrons. The fraction of sp³-hybridized carbons (Fsp3) is 0.462. The van der Waals surface area contributed by atoms with Crippen molar-refractivity contribution < 1.29 is 9.34 Å². The summed E-state index contributed by atoms with van der Waals surface area (Å²) in [4.78, 5) is 14.5. The second kappa shape index (κ2) is 5.46. The van der Waals surface area contributed by atoms with Crippen LogP contribution in [0, 0.1) is 16.0 Å². The van der Waals surface area contributed by atoms with E-state index in [-0.39, 0.29) is 5.69 Å². The molecule has 0 amide bonds.